The summed E-state index contributed by atoms with van der Waals surface area (Å²) in [5.74, 6) is 1.32. The Morgan fingerprint density at radius 3 is 1.21 bits per heavy atom. The second-order valence-corrected chi connectivity index (χ2v) is 4.79. The van der Waals surface area contributed by atoms with E-state index in [4.69, 9.17) is 0 Å². The number of hydrogen-bond acceptors (Lipinski definition) is 0. The van der Waals surface area contributed by atoms with Gasteiger partial charge >= 0.3 is 21.1 Å². The molecule has 2 aliphatic rings. The Labute approximate surface area is 145 Å². The molecule has 0 aromatic heterocycles. The number of allylic oxidation sites excluding steroid dienone is 8. The molecule has 0 fully saturated rings. The number of hydrogen-bond donors (Lipinski definition) is 0. The van der Waals surface area contributed by atoms with E-state index < -0.39 is 0 Å². The fourth-order valence-corrected chi connectivity index (χ4v) is 1.64. The molecule has 0 atom stereocenters. The summed E-state index contributed by atoms with van der Waals surface area (Å²) in [6, 6.07) is 0. The third kappa shape index (κ3) is 9.72. The largest absolute Gasteiger partial charge is 2.00 e. The van der Waals surface area contributed by atoms with E-state index in [1.807, 2.05) is 0 Å². The Hall–Kier alpha value is 0.228. The Balaban J connectivity index is -0.000000233. The van der Waals surface area contributed by atoms with E-state index in [0.717, 1.165) is 12.8 Å². The Bertz CT molecular complexity index is 303. The van der Waals surface area contributed by atoms with Crippen LogP contribution in [-0.2, 0) is 21.1 Å². The fraction of sp³-hybridized carbons (Fsp3) is 0.500. The monoisotopic (exact) mass is 470 g/mol. The molecule has 0 heterocycles. The van der Waals surface area contributed by atoms with Crippen molar-refractivity contribution < 1.29 is 21.1 Å². The molecule has 0 aliphatic heterocycles. The van der Waals surface area contributed by atoms with Gasteiger partial charge in [-0.2, -0.15) is 12.2 Å². The van der Waals surface area contributed by atoms with Crippen LogP contribution in [0.15, 0.2) is 35.5 Å². The van der Waals surface area contributed by atoms with Crippen molar-refractivity contribution in [2.75, 3.05) is 0 Å². The van der Waals surface area contributed by atoms with Gasteiger partial charge in [-0.05, 0) is 0 Å². The topological polar surface area (TPSA) is 0 Å². The van der Waals surface area contributed by atoms with Gasteiger partial charge in [0, 0.05) is 0 Å². The average Bonchev–Trinajstić information content (AvgIpc) is 2.93. The first-order valence-electron chi connectivity index (χ1n) is 6.15. The van der Waals surface area contributed by atoms with Crippen LogP contribution < -0.4 is 0 Å². The molecule has 0 bridgehead atoms. The van der Waals surface area contributed by atoms with Gasteiger partial charge in [0.15, 0.2) is 0 Å². The maximum Gasteiger partial charge on any atom is 2.00 e. The zero-order chi connectivity index (χ0) is 12.0. The molecule has 0 aromatic carbocycles. The fourth-order valence-electron chi connectivity index (χ4n) is 1.64. The first-order chi connectivity index (χ1) is 7.61. The molecule has 0 N–H and O–H groups in total. The Morgan fingerprint density at radius 1 is 0.789 bits per heavy atom. The van der Waals surface area contributed by atoms with Crippen LogP contribution in [0, 0.1) is 24.0 Å². The molecule has 0 saturated carbocycles. The summed E-state index contributed by atoms with van der Waals surface area (Å²) in [5, 5.41) is 0. The summed E-state index contributed by atoms with van der Waals surface area (Å²) in [7, 11) is 0. The van der Waals surface area contributed by atoms with Crippen molar-refractivity contribution in [3.05, 3.63) is 47.6 Å². The molecular weight excluding hydrogens is 447 g/mol. The van der Waals surface area contributed by atoms with Gasteiger partial charge in [-0.25, -0.2) is 23.3 Å². The van der Waals surface area contributed by atoms with Crippen LogP contribution in [0.5, 0.6) is 0 Å². The molecule has 0 spiro atoms. The smallest absolute Gasteiger partial charge is 0.269 e. The SMILES string of the molecule is CC(C)C1=[C-]CC=C1.CC(C)C1=[C-]CC=C1.Cl.Cl.[W+2]. The standard InChI is InChI=1S/2C8H11.2ClH.W/c2*1-7(2)8-5-3-4-6-8;;;/h2*3,5,7H,4H2,1-2H3;2*1H;/q2*-1;;;+2. The third-order valence-corrected chi connectivity index (χ3v) is 2.69. The first-order valence-corrected chi connectivity index (χ1v) is 6.15. The maximum atomic E-state index is 3.26. The molecule has 0 unspecified atom stereocenters. The molecule has 0 radical (unpaired) electrons. The van der Waals surface area contributed by atoms with Crippen LogP contribution in [0.3, 0.4) is 0 Å². The first kappa shape index (κ1) is 24.3. The molecule has 0 aromatic rings. The minimum absolute atomic E-state index is 0. The van der Waals surface area contributed by atoms with Gasteiger partial charge in [-0.1, -0.05) is 39.5 Å². The van der Waals surface area contributed by atoms with Crippen LogP contribution in [0.25, 0.3) is 0 Å². The molecule has 0 amide bonds. The van der Waals surface area contributed by atoms with Gasteiger partial charge in [0.1, 0.15) is 0 Å². The maximum absolute atomic E-state index is 3.26. The van der Waals surface area contributed by atoms with Crippen LogP contribution >= 0.6 is 24.8 Å². The molecule has 2 aliphatic carbocycles. The van der Waals surface area contributed by atoms with Crippen molar-refractivity contribution in [3.63, 3.8) is 0 Å². The third-order valence-electron chi connectivity index (χ3n) is 2.69. The van der Waals surface area contributed by atoms with Crippen molar-refractivity contribution in [1.29, 1.82) is 0 Å². The van der Waals surface area contributed by atoms with Crippen LogP contribution in [0.1, 0.15) is 40.5 Å². The molecule has 0 nitrogen and oxygen atoms in total. The van der Waals surface area contributed by atoms with Gasteiger partial charge < -0.3 is 0 Å². The molecule has 3 heteroatoms. The molecule has 19 heavy (non-hydrogen) atoms. The second kappa shape index (κ2) is 13.2. The molecule has 108 valence electrons. The van der Waals surface area contributed by atoms with E-state index in [0.29, 0.717) is 11.8 Å². The summed E-state index contributed by atoms with van der Waals surface area (Å²) in [6.45, 7) is 8.77. The summed E-state index contributed by atoms with van der Waals surface area (Å²) in [5.41, 5.74) is 2.73. The van der Waals surface area contributed by atoms with Gasteiger partial charge in [0.25, 0.3) is 0 Å². The number of halogens is 2. The zero-order valence-electron chi connectivity index (χ0n) is 12.1. The predicted molar refractivity (Wildman–Crippen MR) is 85.2 cm³/mol. The van der Waals surface area contributed by atoms with Crippen molar-refractivity contribution in [1.82, 2.24) is 0 Å². The van der Waals surface area contributed by atoms with E-state index in [-0.39, 0.29) is 45.9 Å². The predicted octanol–water partition coefficient (Wildman–Crippen LogP) is 5.50. The second-order valence-electron chi connectivity index (χ2n) is 4.79. The molecular formula is C16H24Cl2W. The summed E-state index contributed by atoms with van der Waals surface area (Å²) >= 11 is 0. The summed E-state index contributed by atoms with van der Waals surface area (Å²) in [6.07, 6.45) is 17.2. The number of rotatable bonds is 2. The Morgan fingerprint density at radius 2 is 1.11 bits per heavy atom. The van der Waals surface area contributed by atoms with E-state index in [9.17, 15) is 0 Å². The Kier molecular flexibility index (Phi) is 16.9. The van der Waals surface area contributed by atoms with Crippen molar-refractivity contribution in [2.45, 2.75) is 40.5 Å². The summed E-state index contributed by atoms with van der Waals surface area (Å²) in [4.78, 5) is 0. The van der Waals surface area contributed by atoms with Gasteiger partial charge in [0.2, 0.25) is 0 Å². The van der Waals surface area contributed by atoms with E-state index in [1.54, 1.807) is 0 Å². The van der Waals surface area contributed by atoms with E-state index >= 15 is 0 Å². The van der Waals surface area contributed by atoms with Crippen LogP contribution in [0.4, 0.5) is 0 Å². The van der Waals surface area contributed by atoms with Gasteiger partial charge in [0.05, 0.1) is 0 Å². The van der Waals surface area contributed by atoms with Crippen LogP contribution in [-0.4, -0.2) is 0 Å². The minimum atomic E-state index is 0. The zero-order valence-corrected chi connectivity index (χ0v) is 16.7. The summed E-state index contributed by atoms with van der Waals surface area (Å²) < 4.78 is 0. The normalized spacial score (nSPS) is 14.8. The van der Waals surface area contributed by atoms with Gasteiger partial charge in [-0.15, -0.1) is 37.7 Å². The quantitative estimate of drug-likeness (QED) is 0.467. The van der Waals surface area contributed by atoms with Crippen molar-refractivity contribution >= 4 is 24.8 Å². The average molecular weight is 471 g/mol. The van der Waals surface area contributed by atoms with Crippen molar-refractivity contribution in [3.8, 4) is 0 Å². The van der Waals surface area contributed by atoms with Crippen molar-refractivity contribution in [2.24, 2.45) is 11.8 Å². The minimum Gasteiger partial charge on any atom is -0.269 e. The van der Waals surface area contributed by atoms with Crippen LogP contribution in [0.2, 0.25) is 0 Å². The van der Waals surface area contributed by atoms with E-state index in [1.165, 1.54) is 11.1 Å². The molecule has 0 saturated heterocycles. The van der Waals surface area contributed by atoms with E-state index in [2.05, 4.69) is 64.2 Å². The molecule has 2 rings (SSSR count). The van der Waals surface area contributed by atoms with Gasteiger partial charge in [-0.3, -0.25) is 12.2 Å².